The van der Waals surface area contributed by atoms with Crippen molar-refractivity contribution in [1.29, 1.82) is 0 Å². The van der Waals surface area contributed by atoms with Gasteiger partial charge in [-0.2, -0.15) is 0 Å². The number of fused-ring (bicyclic) bond motifs is 1. The van der Waals surface area contributed by atoms with Crippen LogP contribution in [0.4, 0.5) is 5.69 Å². The van der Waals surface area contributed by atoms with Crippen molar-refractivity contribution in [1.82, 2.24) is 0 Å². The number of anilines is 1. The molecule has 1 aromatic heterocycles. The maximum absolute atomic E-state index is 11.4. The molecule has 0 saturated carbocycles. The first-order valence-corrected chi connectivity index (χ1v) is 7.31. The zero-order valence-electron chi connectivity index (χ0n) is 10.8. The Hall–Kier alpha value is -1.65. The minimum Gasteiger partial charge on any atom is -0.326 e. The lowest BCUT2D eigenvalue weighted by molar-refractivity contribution is -0.115. The topological polar surface area (TPSA) is 55.1 Å². The van der Waals surface area contributed by atoms with Crippen molar-refractivity contribution in [3.8, 4) is 0 Å². The van der Waals surface area contributed by atoms with Gasteiger partial charge in [0.1, 0.15) is 0 Å². The van der Waals surface area contributed by atoms with Gasteiger partial charge in [-0.05, 0) is 40.6 Å². The molecule has 1 unspecified atom stereocenters. The van der Waals surface area contributed by atoms with Crippen LogP contribution in [-0.2, 0) is 17.6 Å². The molecule has 3 nitrogen and oxygen atoms in total. The standard InChI is InChI=1S/C15H16N2OS/c1-2-9-5-6-19-15(9)14(16)10-3-4-12-11(7-10)8-13(18)17-12/h3-7,14H,2,8,16H2,1H3,(H,17,18). The fourth-order valence-corrected chi connectivity index (χ4v) is 3.53. The van der Waals surface area contributed by atoms with E-state index in [1.54, 1.807) is 11.3 Å². The number of carbonyl (C=O) groups excluding carboxylic acids is 1. The number of carbonyl (C=O) groups is 1. The second kappa shape index (κ2) is 4.79. The summed E-state index contributed by atoms with van der Waals surface area (Å²) in [6.45, 7) is 2.14. The molecule has 0 spiro atoms. The van der Waals surface area contributed by atoms with Crippen LogP contribution >= 0.6 is 11.3 Å². The lowest BCUT2D eigenvalue weighted by atomic mass is 9.99. The summed E-state index contributed by atoms with van der Waals surface area (Å²) >= 11 is 1.70. The molecule has 2 aromatic rings. The van der Waals surface area contributed by atoms with E-state index in [2.05, 4.69) is 29.8 Å². The molecular weight excluding hydrogens is 256 g/mol. The molecule has 1 aliphatic rings. The summed E-state index contributed by atoms with van der Waals surface area (Å²) in [6.07, 6.45) is 1.46. The predicted octanol–water partition coefficient (Wildman–Crippen LogP) is 2.85. The highest BCUT2D eigenvalue weighted by atomic mass is 32.1. The average Bonchev–Trinajstić information content (AvgIpc) is 3.01. The van der Waals surface area contributed by atoms with Crippen LogP contribution in [0.25, 0.3) is 0 Å². The Morgan fingerprint density at radius 1 is 1.42 bits per heavy atom. The van der Waals surface area contributed by atoms with Gasteiger partial charge >= 0.3 is 0 Å². The van der Waals surface area contributed by atoms with E-state index in [9.17, 15) is 4.79 Å². The van der Waals surface area contributed by atoms with E-state index in [0.717, 1.165) is 23.2 Å². The summed E-state index contributed by atoms with van der Waals surface area (Å²) in [5, 5.41) is 4.93. The molecule has 3 N–H and O–H groups in total. The quantitative estimate of drug-likeness (QED) is 0.902. The highest BCUT2D eigenvalue weighted by molar-refractivity contribution is 7.10. The third kappa shape index (κ3) is 2.17. The summed E-state index contributed by atoms with van der Waals surface area (Å²) in [7, 11) is 0. The Labute approximate surface area is 116 Å². The van der Waals surface area contributed by atoms with Gasteiger partial charge < -0.3 is 11.1 Å². The molecule has 1 aliphatic heterocycles. The van der Waals surface area contributed by atoms with E-state index in [0.29, 0.717) is 6.42 Å². The zero-order chi connectivity index (χ0) is 13.4. The molecule has 98 valence electrons. The molecule has 3 rings (SSSR count). The first-order chi connectivity index (χ1) is 9.19. The van der Waals surface area contributed by atoms with Crippen molar-refractivity contribution >= 4 is 22.9 Å². The maximum Gasteiger partial charge on any atom is 0.228 e. The molecule has 1 atom stereocenters. The third-order valence-corrected chi connectivity index (χ3v) is 4.60. The summed E-state index contributed by atoms with van der Waals surface area (Å²) < 4.78 is 0. The lowest BCUT2D eigenvalue weighted by Gasteiger charge is -2.13. The highest BCUT2D eigenvalue weighted by Crippen LogP contribution is 2.31. The molecule has 4 heteroatoms. The highest BCUT2D eigenvalue weighted by Gasteiger charge is 2.20. The molecule has 0 fully saturated rings. The largest absolute Gasteiger partial charge is 0.326 e. The first kappa shape index (κ1) is 12.4. The van der Waals surface area contributed by atoms with Gasteiger partial charge in [0, 0.05) is 10.6 Å². The van der Waals surface area contributed by atoms with Gasteiger partial charge in [0.15, 0.2) is 0 Å². The van der Waals surface area contributed by atoms with E-state index >= 15 is 0 Å². The van der Waals surface area contributed by atoms with Crippen LogP contribution in [0.5, 0.6) is 0 Å². The number of aryl methyl sites for hydroxylation is 1. The molecular formula is C15H16N2OS. The third-order valence-electron chi connectivity index (χ3n) is 3.56. The van der Waals surface area contributed by atoms with Gasteiger partial charge in [-0.15, -0.1) is 11.3 Å². The van der Waals surface area contributed by atoms with Crippen molar-refractivity contribution < 1.29 is 4.79 Å². The second-order valence-electron chi connectivity index (χ2n) is 4.78. The summed E-state index contributed by atoms with van der Waals surface area (Å²) in [5.74, 6) is 0.0612. The molecule has 0 radical (unpaired) electrons. The molecule has 1 amide bonds. The summed E-state index contributed by atoms with van der Waals surface area (Å²) in [5.41, 5.74) is 10.7. The average molecular weight is 272 g/mol. The van der Waals surface area contributed by atoms with Crippen LogP contribution in [0.1, 0.15) is 34.5 Å². The second-order valence-corrected chi connectivity index (χ2v) is 5.73. The molecule has 19 heavy (non-hydrogen) atoms. The number of benzene rings is 1. The molecule has 1 aromatic carbocycles. The molecule has 0 bridgehead atoms. The Kier molecular flexibility index (Phi) is 3.12. The predicted molar refractivity (Wildman–Crippen MR) is 78.5 cm³/mol. The van der Waals surface area contributed by atoms with Crippen LogP contribution < -0.4 is 11.1 Å². The first-order valence-electron chi connectivity index (χ1n) is 6.43. The van der Waals surface area contributed by atoms with Gasteiger partial charge in [-0.1, -0.05) is 19.1 Å². The van der Waals surface area contributed by atoms with Crippen molar-refractivity contribution in [2.75, 3.05) is 5.32 Å². The number of nitrogens with two attached hydrogens (primary N) is 1. The van der Waals surface area contributed by atoms with Crippen molar-refractivity contribution in [3.63, 3.8) is 0 Å². The van der Waals surface area contributed by atoms with Gasteiger partial charge in [0.05, 0.1) is 12.5 Å². The summed E-state index contributed by atoms with van der Waals surface area (Å²) in [6, 6.07) is 8.05. The molecule has 2 heterocycles. The van der Waals surface area contributed by atoms with Crippen LogP contribution in [0, 0.1) is 0 Å². The molecule has 0 saturated heterocycles. The number of hydrogen-bond donors (Lipinski definition) is 2. The fraction of sp³-hybridized carbons (Fsp3) is 0.267. The van der Waals surface area contributed by atoms with E-state index in [1.807, 2.05) is 12.1 Å². The van der Waals surface area contributed by atoms with E-state index in [4.69, 9.17) is 5.73 Å². The Morgan fingerprint density at radius 3 is 3.05 bits per heavy atom. The Morgan fingerprint density at radius 2 is 2.26 bits per heavy atom. The smallest absolute Gasteiger partial charge is 0.228 e. The van der Waals surface area contributed by atoms with Gasteiger partial charge in [0.2, 0.25) is 5.91 Å². The number of hydrogen-bond acceptors (Lipinski definition) is 3. The number of rotatable bonds is 3. The van der Waals surface area contributed by atoms with Crippen molar-refractivity contribution in [3.05, 3.63) is 51.2 Å². The van der Waals surface area contributed by atoms with Crippen LogP contribution in [0.3, 0.4) is 0 Å². The van der Waals surface area contributed by atoms with Gasteiger partial charge in [0.25, 0.3) is 0 Å². The maximum atomic E-state index is 11.4. The number of nitrogens with one attached hydrogen (secondary N) is 1. The summed E-state index contributed by atoms with van der Waals surface area (Å²) in [4.78, 5) is 12.6. The van der Waals surface area contributed by atoms with Crippen LogP contribution in [0.2, 0.25) is 0 Å². The SMILES string of the molecule is CCc1ccsc1C(N)c1ccc2c(c1)CC(=O)N2. The van der Waals surface area contributed by atoms with E-state index < -0.39 is 0 Å². The van der Waals surface area contributed by atoms with Crippen LogP contribution in [0.15, 0.2) is 29.6 Å². The molecule has 0 aliphatic carbocycles. The fourth-order valence-electron chi connectivity index (χ4n) is 2.51. The Balaban J connectivity index is 1.95. The van der Waals surface area contributed by atoms with Gasteiger partial charge in [-0.3, -0.25) is 4.79 Å². The normalized spacial score (nSPS) is 15.2. The van der Waals surface area contributed by atoms with Crippen molar-refractivity contribution in [2.24, 2.45) is 5.73 Å². The van der Waals surface area contributed by atoms with Crippen molar-refractivity contribution in [2.45, 2.75) is 25.8 Å². The van der Waals surface area contributed by atoms with Gasteiger partial charge in [-0.25, -0.2) is 0 Å². The minimum absolute atomic E-state index is 0.0612. The monoisotopic (exact) mass is 272 g/mol. The lowest BCUT2D eigenvalue weighted by Crippen LogP contribution is -2.12. The Bertz CT molecular complexity index is 633. The van der Waals surface area contributed by atoms with E-state index in [1.165, 1.54) is 10.4 Å². The van der Waals surface area contributed by atoms with E-state index in [-0.39, 0.29) is 11.9 Å². The number of thiophene rings is 1. The minimum atomic E-state index is -0.101. The zero-order valence-corrected chi connectivity index (χ0v) is 11.6. The van der Waals surface area contributed by atoms with Crippen LogP contribution in [-0.4, -0.2) is 5.91 Å². The number of amides is 1.